The Morgan fingerprint density at radius 3 is 3.14 bits per heavy atom. The average molecular weight is 257 g/mol. The normalized spacial score (nSPS) is 14.9. The third kappa shape index (κ3) is 1.86. The molecule has 0 saturated carbocycles. The van der Waals surface area contributed by atoms with Crippen LogP contribution in [0.1, 0.15) is 0 Å². The van der Waals surface area contributed by atoms with Gasteiger partial charge < -0.3 is 15.3 Å². The third-order valence-corrected chi connectivity index (χ3v) is 2.86. The first-order valence-electron chi connectivity index (χ1n) is 4.70. The lowest BCUT2D eigenvalue weighted by molar-refractivity contribution is 0.302. The van der Waals surface area contributed by atoms with Crippen LogP contribution in [0.2, 0.25) is 0 Å². The van der Waals surface area contributed by atoms with Gasteiger partial charge in [0.2, 0.25) is 0 Å². The van der Waals surface area contributed by atoms with Crippen molar-refractivity contribution in [2.75, 3.05) is 36.5 Å². The highest BCUT2D eigenvalue weighted by Crippen LogP contribution is 2.31. The van der Waals surface area contributed by atoms with E-state index in [4.69, 9.17) is 5.11 Å². The first-order chi connectivity index (χ1) is 6.81. The molecule has 0 atom stereocenters. The van der Waals surface area contributed by atoms with E-state index in [0.29, 0.717) is 6.54 Å². The number of benzene rings is 1. The van der Waals surface area contributed by atoms with Crippen molar-refractivity contribution >= 4 is 27.3 Å². The first kappa shape index (κ1) is 9.80. The Labute approximate surface area is 91.9 Å². The lowest BCUT2D eigenvalue weighted by Crippen LogP contribution is -2.35. The lowest BCUT2D eigenvalue weighted by atomic mass is 10.2. The number of fused-ring (bicyclic) bond motifs is 1. The van der Waals surface area contributed by atoms with Crippen LogP contribution in [0.25, 0.3) is 0 Å². The maximum atomic E-state index is 8.94. The summed E-state index contributed by atoms with van der Waals surface area (Å²) in [5.41, 5.74) is 2.31. The summed E-state index contributed by atoms with van der Waals surface area (Å²) in [7, 11) is 0. The molecule has 1 aliphatic rings. The summed E-state index contributed by atoms with van der Waals surface area (Å²) in [6.45, 7) is 2.79. The van der Waals surface area contributed by atoms with E-state index < -0.39 is 0 Å². The monoisotopic (exact) mass is 256 g/mol. The van der Waals surface area contributed by atoms with E-state index in [2.05, 4.69) is 38.3 Å². The van der Waals surface area contributed by atoms with Crippen LogP contribution in [-0.4, -0.2) is 31.3 Å². The summed E-state index contributed by atoms with van der Waals surface area (Å²) in [4.78, 5) is 2.19. The number of hydrogen-bond acceptors (Lipinski definition) is 3. The molecule has 0 unspecified atom stereocenters. The summed E-state index contributed by atoms with van der Waals surface area (Å²) in [6, 6.07) is 6.16. The zero-order chi connectivity index (χ0) is 9.97. The van der Waals surface area contributed by atoms with Crippen LogP contribution in [-0.2, 0) is 0 Å². The molecule has 3 nitrogen and oxygen atoms in total. The van der Waals surface area contributed by atoms with E-state index in [0.717, 1.165) is 23.2 Å². The van der Waals surface area contributed by atoms with Gasteiger partial charge in [0.15, 0.2) is 0 Å². The van der Waals surface area contributed by atoms with Gasteiger partial charge in [-0.1, -0.05) is 15.9 Å². The van der Waals surface area contributed by atoms with Gasteiger partial charge in [0.1, 0.15) is 0 Å². The molecule has 0 aromatic heterocycles. The molecule has 1 heterocycles. The van der Waals surface area contributed by atoms with Crippen molar-refractivity contribution < 1.29 is 5.11 Å². The van der Waals surface area contributed by atoms with Crippen LogP contribution < -0.4 is 10.2 Å². The summed E-state index contributed by atoms with van der Waals surface area (Å²) in [5.74, 6) is 0. The molecule has 1 aromatic carbocycles. The van der Waals surface area contributed by atoms with Gasteiger partial charge in [-0.05, 0) is 18.2 Å². The van der Waals surface area contributed by atoms with Crippen LogP contribution in [0.5, 0.6) is 0 Å². The molecule has 0 bridgehead atoms. The number of halogens is 1. The summed E-state index contributed by atoms with van der Waals surface area (Å²) in [6.07, 6.45) is 0. The number of rotatable bonds is 2. The van der Waals surface area contributed by atoms with Crippen LogP contribution in [0.4, 0.5) is 11.4 Å². The molecule has 0 spiro atoms. The molecule has 2 N–H and O–H groups in total. The molecule has 1 aliphatic heterocycles. The molecular weight excluding hydrogens is 244 g/mol. The molecule has 76 valence electrons. The van der Waals surface area contributed by atoms with E-state index in [1.54, 1.807) is 0 Å². The van der Waals surface area contributed by atoms with Crippen molar-refractivity contribution in [2.45, 2.75) is 0 Å². The zero-order valence-electron chi connectivity index (χ0n) is 7.83. The molecular formula is C10H13BrN2O. The Hall–Kier alpha value is -0.740. The molecule has 14 heavy (non-hydrogen) atoms. The molecule has 4 heteroatoms. The molecule has 1 aromatic rings. The lowest BCUT2D eigenvalue weighted by Gasteiger charge is -2.31. The predicted octanol–water partition coefficient (Wildman–Crippen LogP) is 1.67. The highest BCUT2D eigenvalue weighted by molar-refractivity contribution is 9.10. The van der Waals surface area contributed by atoms with E-state index >= 15 is 0 Å². The van der Waals surface area contributed by atoms with E-state index in [1.165, 1.54) is 5.69 Å². The number of hydrogen-bond donors (Lipinski definition) is 2. The first-order valence-corrected chi connectivity index (χ1v) is 5.50. The average Bonchev–Trinajstić information content (AvgIpc) is 2.19. The molecule has 0 saturated heterocycles. The smallest absolute Gasteiger partial charge is 0.0614 e. The Morgan fingerprint density at radius 1 is 1.50 bits per heavy atom. The van der Waals surface area contributed by atoms with Gasteiger partial charge in [0.25, 0.3) is 0 Å². The van der Waals surface area contributed by atoms with Crippen molar-refractivity contribution in [3.8, 4) is 0 Å². The molecule has 2 rings (SSSR count). The minimum absolute atomic E-state index is 0.200. The molecule has 0 radical (unpaired) electrons. The van der Waals surface area contributed by atoms with Gasteiger partial charge in [-0.2, -0.15) is 0 Å². The Morgan fingerprint density at radius 2 is 2.36 bits per heavy atom. The molecule has 0 aliphatic carbocycles. The maximum absolute atomic E-state index is 8.94. The predicted molar refractivity (Wildman–Crippen MR) is 61.9 cm³/mol. The van der Waals surface area contributed by atoms with E-state index in [1.807, 2.05) is 6.07 Å². The highest BCUT2D eigenvalue weighted by Gasteiger charge is 2.15. The van der Waals surface area contributed by atoms with Crippen molar-refractivity contribution in [1.29, 1.82) is 0 Å². The Kier molecular flexibility index (Phi) is 2.93. The quantitative estimate of drug-likeness (QED) is 0.846. The number of β-amino-alcohol motifs (C(OH)–C–C–N with tert-alkyl or cyclic N) is 1. The number of nitrogens with zero attached hydrogens (tertiary/aromatic N) is 1. The number of nitrogens with one attached hydrogen (secondary N) is 1. The van der Waals surface area contributed by atoms with Gasteiger partial charge in [-0.3, -0.25) is 0 Å². The van der Waals surface area contributed by atoms with Crippen LogP contribution in [0, 0.1) is 0 Å². The zero-order valence-corrected chi connectivity index (χ0v) is 9.42. The second-order valence-electron chi connectivity index (χ2n) is 3.30. The van der Waals surface area contributed by atoms with Crippen LogP contribution in [0.3, 0.4) is 0 Å². The molecule has 0 amide bonds. The van der Waals surface area contributed by atoms with E-state index in [-0.39, 0.29) is 6.61 Å². The standard InChI is InChI=1S/C10H13BrN2O/c11-8-1-2-9-10(7-8)13(5-6-14)4-3-12-9/h1-2,7,12,14H,3-6H2. The second-order valence-corrected chi connectivity index (χ2v) is 4.21. The number of aliphatic hydroxyl groups is 1. The summed E-state index contributed by atoms with van der Waals surface area (Å²) in [5, 5.41) is 12.3. The number of anilines is 2. The highest BCUT2D eigenvalue weighted by atomic mass is 79.9. The number of aliphatic hydroxyl groups excluding tert-OH is 1. The fourth-order valence-electron chi connectivity index (χ4n) is 1.71. The van der Waals surface area contributed by atoms with Gasteiger partial charge >= 0.3 is 0 Å². The minimum atomic E-state index is 0.200. The van der Waals surface area contributed by atoms with Gasteiger partial charge in [-0.15, -0.1) is 0 Å². The van der Waals surface area contributed by atoms with Gasteiger partial charge in [-0.25, -0.2) is 0 Å². The molecule has 0 fully saturated rings. The third-order valence-electron chi connectivity index (χ3n) is 2.37. The fourth-order valence-corrected chi connectivity index (χ4v) is 2.06. The van der Waals surface area contributed by atoms with Crippen molar-refractivity contribution in [3.63, 3.8) is 0 Å². The van der Waals surface area contributed by atoms with E-state index in [9.17, 15) is 0 Å². The summed E-state index contributed by atoms with van der Waals surface area (Å²) < 4.78 is 1.07. The summed E-state index contributed by atoms with van der Waals surface area (Å²) >= 11 is 3.45. The minimum Gasteiger partial charge on any atom is -0.395 e. The van der Waals surface area contributed by atoms with Crippen molar-refractivity contribution in [2.24, 2.45) is 0 Å². The van der Waals surface area contributed by atoms with Crippen molar-refractivity contribution in [3.05, 3.63) is 22.7 Å². The fraction of sp³-hybridized carbons (Fsp3) is 0.400. The van der Waals surface area contributed by atoms with Gasteiger partial charge in [0.05, 0.1) is 18.0 Å². The largest absolute Gasteiger partial charge is 0.395 e. The van der Waals surface area contributed by atoms with Gasteiger partial charge in [0, 0.05) is 24.1 Å². The Bertz CT molecular complexity index is 330. The topological polar surface area (TPSA) is 35.5 Å². The Balaban J connectivity index is 2.32. The SMILES string of the molecule is OCCN1CCNc2ccc(Br)cc21. The second kappa shape index (κ2) is 4.19. The van der Waals surface area contributed by atoms with Crippen molar-refractivity contribution in [1.82, 2.24) is 0 Å². The van der Waals surface area contributed by atoms with Crippen LogP contribution in [0.15, 0.2) is 22.7 Å². The maximum Gasteiger partial charge on any atom is 0.0614 e. The van der Waals surface area contributed by atoms with Crippen LogP contribution >= 0.6 is 15.9 Å².